The first kappa shape index (κ1) is 7.10. The Hall–Kier alpha value is -0.570. The van der Waals surface area contributed by atoms with Crippen molar-refractivity contribution in [2.24, 2.45) is 5.73 Å². The summed E-state index contributed by atoms with van der Waals surface area (Å²) in [7, 11) is 0. The first-order valence-corrected chi connectivity index (χ1v) is 4.32. The molecule has 11 heavy (non-hydrogen) atoms. The van der Waals surface area contributed by atoms with E-state index in [0.717, 1.165) is 32.2 Å². The summed E-state index contributed by atoms with van der Waals surface area (Å²) in [5, 5.41) is 0. The van der Waals surface area contributed by atoms with E-state index in [-0.39, 0.29) is 0 Å². The number of piperidine rings is 1. The maximum atomic E-state index is 11.2. The second-order valence-corrected chi connectivity index (χ2v) is 3.56. The molecular formula is C8H14N2O. The van der Waals surface area contributed by atoms with Crippen LogP contribution in [0.4, 0.5) is 0 Å². The molecule has 2 unspecified atom stereocenters. The van der Waals surface area contributed by atoms with Crippen LogP contribution < -0.4 is 5.73 Å². The van der Waals surface area contributed by atoms with Gasteiger partial charge in [0, 0.05) is 25.0 Å². The zero-order valence-electron chi connectivity index (χ0n) is 6.62. The van der Waals surface area contributed by atoms with Gasteiger partial charge in [-0.3, -0.25) is 4.79 Å². The highest BCUT2D eigenvalue weighted by Gasteiger charge is 2.34. The molecular weight excluding hydrogens is 140 g/mol. The van der Waals surface area contributed by atoms with Crippen LogP contribution in [0.25, 0.3) is 0 Å². The molecule has 0 aromatic carbocycles. The summed E-state index contributed by atoms with van der Waals surface area (Å²) in [6.45, 7) is 0.894. The normalized spacial score (nSPS) is 37.5. The van der Waals surface area contributed by atoms with Gasteiger partial charge in [0.25, 0.3) is 0 Å². The van der Waals surface area contributed by atoms with Crippen molar-refractivity contribution in [1.29, 1.82) is 0 Å². The smallest absolute Gasteiger partial charge is 0.222 e. The number of nitrogens with two attached hydrogens (primary N) is 1. The molecule has 0 saturated carbocycles. The predicted molar refractivity (Wildman–Crippen MR) is 41.9 cm³/mol. The molecule has 1 amide bonds. The van der Waals surface area contributed by atoms with Crippen LogP contribution in [0.2, 0.25) is 0 Å². The fourth-order valence-corrected chi connectivity index (χ4v) is 2.12. The molecule has 62 valence electrons. The lowest BCUT2D eigenvalue weighted by atomic mass is 9.99. The van der Waals surface area contributed by atoms with Crippen molar-refractivity contribution < 1.29 is 4.79 Å². The molecule has 2 fully saturated rings. The maximum absolute atomic E-state index is 11.2. The Morgan fingerprint density at radius 3 is 3.09 bits per heavy atom. The molecule has 2 saturated heterocycles. The Morgan fingerprint density at radius 1 is 1.45 bits per heavy atom. The molecule has 2 rings (SSSR count). The number of rotatable bonds is 0. The molecule has 0 spiro atoms. The number of carbonyl (C=O) groups is 1. The van der Waals surface area contributed by atoms with Gasteiger partial charge < -0.3 is 10.6 Å². The van der Waals surface area contributed by atoms with E-state index in [1.165, 1.54) is 0 Å². The highest BCUT2D eigenvalue weighted by molar-refractivity contribution is 5.78. The van der Waals surface area contributed by atoms with Gasteiger partial charge in [0.05, 0.1) is 0 Å². The van der Waals surface area contributed by atoms with Gasteiger partial charge in [-0.05, 0) is 19.3 Å². The fourth-order valence-electron chi connectivity index (χ4n) is 2.12. The number of amides is 1. The monoisotopic (exact) mass is 154 g/mol. The highest BCUT2D eigenvalue weighted by Crippen LogP contribution is 2.26. The van der Waals surface area contributed by atoms with Crippen LogP contribution in [0, 0.1) is 0 Å². The van der Waals surface area contributed by atoms with Crippen molar-refractivity contribution in [3.05, 3.63) is 0 Å². The molecule has 3 nitrogen and oxygen atoms in total. The van der Waals surface area contributed by atoms with Gasteiger partial charge in [0.1, 0.15) is 0 Å². The number of nitrogens with zero attached hydrogens (tertiary/aromatic N) is 1. The largest absolute Gasteiger partial charge is 0.340 e. The van der Waals surface area contributed by atoms with E-state index in [1.807, 2.05) is 4.90 Å². The summed E-state index contributed by atoms with van der Waals surface area (Å²) in [5.41, 5.74) is 5.80. The molecule has 3 heteroatoms. The molecule has 0 aromatic heterocycles. The van der Waals surface area contributed by atoms with Crippen LogP contribution in [-0.2, 0) is 4.79 Å². The van der Waals surface area contributed by atoms with Crippen LogP contribution in [0.5, 0.6) is 0 Å². The topological polar surface area (TPSA) is 46.3 Å². The molecule has 2 heterocycles. The zero-order valence-corrected chi connectivity index (χ0v) is 6.62. The molecule has 0 aliphatic carbocycles. The third kappa shape index (κ3) is 1.13. The molecule has 0 radical (unpaired) electrons. The predicted octanol–water partition coefficient (Wildman–Crippen LogP) is 0.0985. The van der Waals surface area contributed by atoms with Crippen molar-refractivity contribution >= 4 is 5.91 Å². The molecule has 2 atom stereocenters. The maximum Gasteiger partial charge on any atom is 0.222 e. The van der Waals surface area contributed by atoms with E-state index < -0.39 is 0 Å². The van der Waals surface area contributed by atoms with Crippen LogP contribution in [-0.4, -0.2) is 29.4 Å². The van der Waals surface area contributed by atoms with Crippen LogP contribution in [0.3, 0.4) is 0 Å². The molecule has 2 aliphatic rings. The van der Waals surface area contributed by atoms with Crippen molar-refractivity contribution in [1.82, 2.24) is 4.90 Å². The number of hydrogen-bond donors (Lipinski definition) is 1. The van der Waals surface area contributed by atoms with Gasteiger partial charge in [-0.2, -0.15) is 0 Å². The summed E-state index contributed by atoms with van der Waals surface area (Å²) in [5.74, 6) is 0.335. The van der Waals surface area contributed by atoms with E-state index in [1.54, 1.807) is 0 Å². The van der Waals surface area contributed by atoms with Gasteiger partial charge in [-0.1, -0.05) is 0 Å². The average Bonchev–Trinajstić information content (AvgIpc) is 2.32. The highest BCUT2D eigenvalue weighted by atomic mass is 16.2. The Labute approximate surface area is 66.5 Å². The van der Waals surface area contributed by atoms with Gasteiger partial charge in [-0.25, -0.2) is 0 Å². The Balaban J connectivity index is 2.06. The SMILES string of the molecule is NC1CCN2C(=O)CCC2C1. The minimum absolute atomic E-state index is 0.335. The quantitative estimate of drug-likeness (QED) is 0.538. The summed E-state index contributed by atoms with van der Waals surface area (Å²) in [6.07, 6.45) is 3.79. The standard InChI is InChI=1S/C8H14N2O/c9-6-3-4-10-7(5-6)1-2-8(10)11/h6-7H,1-5,9H2. The van der Waals surface area contributed by atoms with Crippen LogP contribution >= 0.6 is 0 Å². The second kappa shape index (κ2) is 2.48. The van der Waals surface area contributed by atoms with Gasteiger partial charge in [-0.15, -0.1) is 0 Å². The summed E-state index contributed by atoms with van der Waals surface area (Å²) in [6, 6.07) is 0.813. The zero-order chi connectivity index (χ0) is 7.84. The van der Waals surface area contributed by atoms with Crippen molar-refractivity contribution in [2.75, 3.05) is 6.54 Å². The first-order valence-electron chi connectivity index (χ1n) is 4.32. The Morgan fingerprint density at radius 2 is 2.27 bits per heavy atom. The second-order valence-electron chi connectivity index (χ2n) is 3.56. The minimum atomic E-state index is 0.335. The molecule has 0 bridgehead atoms. The number of fused-ring (bicyclic) bond motifs is 1. The summed E-state index contributed by atoms with van der Waals surface area (Å²) < 4.78 is 0. The van der Waals surface area contributed by atoms with Crippen LogP contribution in [0.15, 0.2) is 0 Å². The van der Waals surface area contributed by atoms with Crippen molar-refractivity contribution in [3.63, 3.8) is 0 Å². The van der Waals surface area contributed by atoms with Gasteiger partial charge >= 0.3 is 0 Å². The lowest BCUT2D eigenvalue weighted by molar-refractivity contribution is -0.129. The van der Waals surface area contributed by atoms with Crippen LogP contribution in [0.1, 0.15) is 25.7 Å². The van der Waals surface area contributed by atoms with E-state index >= 15 is 0 Å². The Kier molecular flexibility index (Phi) is 1.60. The van der Waals surface area contributed by atoms with E-state index in [9.17, 15) is 4.79 Å². The third-order valence-corrected chi connectivity index (χ3v) is 2.77. The average molecular weight is 154 g/mol. The summed E-state index contributed by atoms with van der Waals surface area (Å²) >= 11 is 0. The Bertz CT molecular complexity index is 181. The third-order valence-electron chi connectivity index (χ3n) is 2.77. The fraction of sp³-hybridized carbons (Fsp3) is 0.875. The van der Waals surface area contributed by atoms with Gasteiger partial charge in [0.2, 0.25) is 5.91 Å². The summed E-state index contributed by atoms with van der Waals surface area (Å²) in [4.78, 5) is 13.2. The molecule has 2 N–H and O–H groups in total. The van der Waals surface area contributed by atoms with E-state index in [0.29, 0.717) is 18.0 Å². The van der Waals surface area contributed by atoms with Gasteiger partial charge in [0.15, 0.2) is 0 Å². The first-order chi connectivity index (χ1) is 5.27. The number of hydrogen-bond acceptors (Lipinski definition) is 2. The van der Waals surface area contributed by atoms with E-state index in [2.05, 4.69) is 0 Å². The minimum Gasteiger partial charge on any atom is -0.340 e. The lowest BCUT2D eigenvalue weighted by Crippen LogP contribution is -2.45. The van der Waals surface area contributed by atoms with Crippen molar-refractivity contribution in [3.8, 4) is 0 Å². The molecule has 2 aliphatic heterocycles. The molecule has 0 aromatic rings. The number of carbonyl (C=O) groups excluding carboxylic acids is 1. The lowest BCUT2D eigenvalue weighted by Gasteiger charge is -2.33. The van der Waals surface area contributed by atoms with E-state index in [4.69, 9.17) is 5.73 Å². The van der Waals surface area contributed by atoms with Crippen molar-refractivity contribution in [2.45, 2.75) is 37.8 Å².